The first kappa shape index (κ1) is 14.3. The summed E-state index contributed by atoms with van der Waals surface area (Å²) in [5.41, 5.74) is 0.719. The van der Waals surface area contributed by atoms with Gasteiger partial charge in [-0.05, 0) is 30.2 Å². The number of hydrogen-bond acceptors (Lipinski definition) is 3. The molecule has 2 amide bonds. The number of carbonyl (C=O) groups excluding carboxylic acids is 3. The summed E-state index contributed by atoms with van der Waals surface area (Å²) in [4.78, 5) is 38.9. The van der Waals surface area contributed by atoms with E-state index >= 15 is 0 Å². The monoisotopic (exact) mass is 296 g/mol. The number of carbonyl (C=O) groups is 3. The van der Waals surface area contributed by atoms with Crippen LogP contribution in [0, 0.1) is 5.92 Å². The number of imide groups is 1. The van der Waals surface area contributed by atoms with E-state index in [1.165, 1.54) is 4.57 Å². The minimum atomic E-state index is -0.820. The molecule has 0 N–H and O–H groups in total. The third-order valence-corrected chi connectivity index (χ3v) is 3.85. The van der Waals surface area contributed by atoms with Crippen LogP contribution in [0.5, 0.6) is 0 Å². The third-order valence-electron chi connectivity index (χ3n) is 3.85. The van der Waals surface area contributed by atoms with Gasteiger partial charge in [0.25, 0.3) is 17.7 Å². The van der Waals surface area contributed by atoms with Crippen molar-refractivity contribution in [2.75, 3.05) is 0 Å². The molecule has 2 aromatic rings. The fourth-order valence-corrected chi connectivity index (χ4v) is 2.79. The van der Waals surface area contributed by atoms with Crippen molar-refractivity contribution in [2.24, 2.45) is 5.92 Å². The molecule has 3 rings (SSSR count). The van der Waals surface area contributed by atoms with Gasteiger partial charge in [-0.15, -0.1) is 0 Å². The lowest BCUT2D eigenvalue weighted by Gasteiger charge is -2.28. The van der Waals surface area contributed by atoms with E-state index < -0.39 is 17.9 Å². The van der Waals surface area contributed by atoms with Crippen molar-refractivity contribution in [1.82, 2.24) is 9.47 Å². The van der Waals surface area contributed by atoms with E-state index in [2.05, 4.69) is 0 Å². The van der Waals surface area contributed by atoms with Gasteiger partial charge in [0.2, 0.25) is 0 Å². The number of rotatable bonds is 3. The fraction of sp³-hybridized carbons (Fsp3) is 0.235. The molecule has 1 aromatic heterocycles. The van der Waals surface area contributed by atoms with E-state index in [4.69, 9.17) is 0 Å². The van der Waals surface area contributed by atoms with Crippen molar-refractivity contribution in [3.05, 3.63) is 59.9 Å². The molecule has 0 saturated heterocycles. The summed E-state index contributed by atoms with van der Waals surface area (Å²) in [6, 6.07) is 9.31. The predicted molar refractivity (Wildman–Crippen MR) is 80.6 cm³/mol. The number of nitrogens with zero attached hydrogens (tertiary/aromatic N) is 2. The Morgan fingerprint density at radius 2 is 1.41 bits per heavy atom. The summed E-state index contributed by atoms with van der Waals surface area (Å²) in [5, 5.41) is 0. The third kappa shape index (κ3) is 2.06. The number of aromatic nitrogens is 1. The first-order chi connectivity index (χ1) is 10.5. The first-order valence-electron chi connectivity index (χ1n) is 7.16. The molecule has 0 aliphatic carbocycles. The largest absolute Gasteiger partial charge is 0.293 e. The second-order valence-corrected chi connectivity index (χ2v) is 5.64. The van der Waals surface area contributed by atoms with E-state index in [0.717, 1.165) is 4.90 Å². The van der Waals surface area contributed by atoms with Crippen molar-refractivity contribution in [3.8, 4) is 0 Å². The summed E-state index contributed by atoms with van der Waals surface area (Å²) in [5.74, 6) is -1.27. The Balaban J connectivity index is 2.03. The van der Waals surface area contributed by atoms with Gasteiger partial charge in [-0.2, -0.15) is 0 Å². The zero-order valence-corrected chi connectivity index (χ0v) is 12.4. The lowest BCUT2D eigenvalue weighted by atomic mass is 10.0. The van der Waals surface area contributed by atoms with E-state index in [9.17, 15) is 14.4 Å². The molecule has 1 aromatic carbocycles. The molecule has 1 aliphatic heterocycles. The van der Waals surface area contributed by atoms with Crippen molar-refractivity contribution in [2.45, 2.75) is 19.9 Å². The molecule has 0 unspecified atom stereocenters. The van der Waals surface area contributed by atoms with Crippen LogP contribution >= 0.6 is 0 Å². The Morgan fingerprint density at radius 3 is 1.86 bits per heavy atom. The van der Waals surface area contributed by atoms with Gasteiger partial charge >= 0.3 is 0 Å². The topological polar surface area (TPSA) is 59.4 Å². The van der Waals surface area contributed by atoms with Gasteiger partial charge in [-0.1, -0.05) is 26.0 Å². The van der Waals surface area contributed by atoms with Crippen LogP contribution in [0.2, 0.25) is 0 Å². The summed E-state index contributed by atoms with van der Waals surface area (Å²) in [6.45, 7) is 3.66. The number of benzene rings is 1. The maximum absolute atomic E-state index is 12.7. The summed E-state index contributed by atoms with van der Waals surface area (Å²) >= 11 is 0. The lowest BCUT2D eigenvalue weighted by Crippen LogP contribution is -2.49. The van der Waals surface area contributed by atoms with Crippen molar-refractivity contribution in [3.63, 3.8) is 0 Å². The molecule has 0 radical (unpaired) electrons. The van der Waals surface area contributed by atoms with Gasteiger partial charge in [0, 0.05) is 12.4 Å². The van der Waals surface area contributed by atoms with E-state index in [1.54, 1.807) is 48.8 Å². The highest BCUT2D eigenvalue weighted by Gasteiger charge is 2.44. The highest BCUT2D eigenvalue weighted by molar-refractivity contribution is 6.22. The molecule has 0 saturated carbocycles. The first-order valence-corrected chi connectivity index (χ1v) is 7.16. The number of fused-ring (bicyclic) bond motifs is 1. The van der Waals surface area contributed by atoms with Gasteiger partial charge in [0.1, 0.15) is 6.04 Å². The smallest absolute Gasteiger partial charge is 0.262 e. The molecule has 5 heteroatoms. The van der Waals surface area contributed by atoms with E-state index in [1.807, 2.05) is 13.8 Å². The maximum Gasteiger partial charge on any atom is 0.262 e. The van der Waals surface area contributed by atoms with Crippen LogP contribution in [-0.2, 0) is 0 Å². The Bertz CT molecular complexity index is 712. The Morgan fingerprint density at radius 1 is 0.909 bits per heavy atom. The molecule has 0 spiro atoms. The van der Waals surface area contributed by atoms with Gasteiger partial charge in [0.05, 0.1) is 11.1 Å². The van der Waals surface area contributed by atoms with Gasteiger partial charge in [-0.3, -0.25) is 23.9 Å². The van der Waals surface area contributed by atoms with Crippen molar-refractivity contribution < 1.29 is 14.4 Å². The van der Waals surface area contributed by atoms with Crippen LogP contribution in [0.25, 0.3) is 0 Å². The Labute approximate surface area is 128 Å². The van der Waals surface area contributed by atoms with Crippen LogP contribution in [0.4, 0.5) is 0 Å². The van der Waals surface area contributed by atoms with E-state index in [0.29, 0.717) is 11.1 Å². The molecule has 112 valence electrons. The zero-order chi connectivity index (χ0) is 15.9. The van der Waals surface area contributed by atoms with Crippen molar-refractivity contribution >= 4 is 17.7 Å². The molecule has 2 heterocycles. The van der Waals surface area contributed by atoms with Crippen LogP contribution in [0.1, 0.15) is 39.4 Å². The SMILES string of the molecule is CC(C)[C@@H](C(=O)n1cccc1)N1C(=O)c2ccccc2C1=O. The van der Waals surface area contributed by atoms with Gasteiger partial charge in [-0.25, -0.2) is 0 Å². The molecule has 1 atom stereocenters. The second-order valence-electron chi connectivity index (χ2n) is 5.64. The second kappa shape index (κ2) is 5.26. The number of amides is 2. The molecule has 22 heavy (non-hydrogen) atoms. The van der Waals surface area contributed by atoms with Crippen LogP contribution in [0.3, 0.4) is 0 Å². The summed E-state index contributed by atoms with van der Waals surface area (Å²) < 4.78 is 1.41. The summed E-state index contributed by atoms with van der Waals surface area (Å²) in [7, 11) is 0. The van der Waals surface area contributed by atoms with Gasteiger partial charge < -0.3 is 0 Å². The van der Waals surface area contributed by atoms with Crippen LogP contribution in [0.15, 0.2) is 48.8 Å². The minimum Gasteiger partial charge on any atom is -0.293 e. The highest BCUT2D eigenvalue weighted by atomic mass is 16.2. The maximum atomic E-state index is 12.7. The molecular formula is C17H16N2O3. The van der Waals surface area contributed by atoms with Crippen LogP contribution in [-0.4, -0.2) is 33.2 Å². The average molecular weight is 296 g/mol. The Hall–Kier alpha value is -2.69. The molecular weight excluding hydrogens is 280 g/mol. The molecule has 1 aliphatic rings. The van der Waals surface area contributed by atoms with Gasteiger partial charge in [0.15, 0.2) is 0 Å². The zero-order valence-electron chi connectivity index (χ0n) is 12.4. The van der Waals surface area contributed by atoms with Crippen LogP contribution < -0.4 is 0 Å². The molecule has 0 bridgehead atoms. The minimum absolute atomic E-state index is 0.183. The molecule has 5 nitrogen and oxygen atoms in total. The normalized spacial score (nSPS) is 15.3. The molecule has 0 fully saturated rings. The lowest BCUT2D eigenvalue weighted by molar-refractivity contribution is 0.0465. The quantitative estimate of drug-likeness (QED) is 0.817. The standard InChI is InChI=1S/C17H16N2O3/c1-11(2)14(17(22)18-9-5-6-10-18)19-15(20)12-7-3-4-8-13(12)16(19)21/h3-11,14H,1-2H3/t14-/m0/s1. The summed E-state index contributed by atoms with van der Waals surface area (Å²) in [6.07, 6.45) is 3.24. The van der Waals surface area contributed by atoms with Crippen molar-refractivity contribution in [1.29, 1.82) is 0 Å². The number of hydrogen-bond donors (Lipinski definition) is 0. The Kier molecular flexibility index (Phi) is 3.41. The predicted octanol–water partition coefficient (Wildman–Crippen LogP) is 2.45. The fourth-order valence-electron chi connectivity index (χ4n) is 2.79. The average Bonchev–Trinajstić information content (AvgIpc) is 3.11. The highest BCUT2D eigenvalue weighted by Crippen LogP contribution is 2.27. The van der Waals surface area contributed by atoms with E-state index in [-0.39, 0.29) is 11.8 Å².